The maximum atomic E-state index is 8.61. The van der Waals surface area contributed by atoms with E-state index in [0.29, 0.717) is 0 Å². The zero-order chi connectivity index (χ0) is 10.6. The van der Waals surface area contributed by atoms with E-state index >= 15 is 0 Å². The van der Waals surface area contributed by atoms with Crippen molar-refractivity contribution in [3.05, 3.63) is 11.6 Å². The molecular formula is C13H23N. The van der Waals surface area contributed by atoms with Crippen molar-refractivity contribution < 1.29 is 0 Å². The molecule has 0 radical (unpaired) electrons. The molecule has 0 aliphatic carbocycles. The minimum absolute atomic E-state index is 1.12. The largest absolute Gasteiger partial charge is 0.193 e. The first-order chi connectivity index (χ1) is 6.85. The summed E-state index contributed by atoms with van der Waals surface area (Å²) in [6.45, 7) is 4.42. The molecule has 80 valence electrons. The van der Waals surface area contributed by atoms with Gasteiger partial charge in [0.1, 0.15) is 0 Å². The van der Waals surface area contributed by atoms with Gasteiger partial charge in [0.15, 0.2) is 0 Å². The Balaban J connectivity index is 3.64. The van der Waals surface area contributed by atoms with Crippen LogP contribution in [0.15, 0.2) is 11.6 Å². The van der Waals surface area contributed by atoms with Crippen molar-refractivity contribution in [3.8, 4) is 6.07 Å². The van der Waals surface area contributed by atoms with Gasteiger partial charge < -0.3 is 0 Å². The third-order valence-corrected chi connectivity index (χ3v) is 2.47. The Morgan fingerprint density at radius 3 is 2.21 bits per heavy atom. The molecule has 0 spiro atoms. The van der Waals surface area contributed by atoms with Crippen molar-refractivity contribution >= 4 is 0 Å². The quantitative estimate of drug-likeness (QED) is 0.408. The molecule has 14 heavy (non-hydrogen) atoms. The fourth-order valence-corrected chi connectivity index (χ4v) is 1.54. The second-order valence-electron chi connectivity index (χ2n) is 3.85. The molecule has 0 aromatic rings. The molecule has 0 atom stereocenters. The lowest BCUT2D eigenvalue weighted by atomic mass is 10.0. The zero-order valence-corrected chi connectivity index (χ0v) is 9.68. The molecule has 0 heterocycles. The minimum atomic E-state index is 1.12. The van der Waals surface area contributed by atoms with Crippen LogP contribution in [0, 0.1) is 11.3 Å². The maximum absolute atomic E-state index is 8.61. The highest BCUT2D eigenvalue weighted by atomic mass is 14.2. The van der Waals surface area contributed by atoms with Crippen molar-refractivity contribution in [1.82, 2.24) is 0 Å². The van der Waals surface area contributed by atoms with E-state index in [1.807, 2.05) is 0 Å². The molecule has 0 bridgehead atoms. The second kappa shape index (κ2) is 10.3. The number of allylic oxidation sites excluding steroid dienone is 2. The SMILES string of the molecule is CCCCCC/C(=C/C#N)CCCC. The molecule has 0 aromatic heterocycles. The van der Waals surface area contributed by atoms with Gasteiger partial charge >= 0.3 is 0 Å². The van der Waals surface area contributed by atoms with Crippen LogP contribution in [-0.2, 0) is 0 Å². The number of nitrogens with zero attached hydrogens (tertiary/aromatic N) is 1. The lowest BCUT2D eigenvalue weighted by Crippen LogP contribution is -1.85. The summed E-state index contributed by atoms with van der Waals surface area (Å²) in [5, 5.41) is 8.61. The Morgan fingerprint density at radius 2 is 1.64 bits per heavy atom. The van der Waals surface area contributed by atoms with E-state index in [2.05, 4.69) is 19.9 Å². The first kappa shape index (κ1) is 13.2. The van der Waals surface area contributed by atoms with Crippen LogP contribution >= 0.6 is 0 Å². The Labute approximate surface area is 88.8 Å². The number of hydrogen-bond acceptors (Lipinski definition) is 1. The third kappa shape index (κ3) is 7.86. The van der Waals surface area contributed by atoms with E-state index in [1.165, 1.54) is 44.1 Å². The Morgan fingerprint density at radius 1 is 1.00 bits per heavy atom. The smallest absolute Gasteiger partial charge is 0.0911 e. The van der Waals surface area contributed by atoms with Gasteiger partial charge in [0, 0.05) is 6.08 Å². The van der Waals surface area contributed by atoms with E-state index in [-0.39, 0.29) is 0 Å². The average Bonchev–Trinajstić information content (AvgIpc) is 2.20. The monoisotopic (exact) mass is 193 g/mol. The Bertz CT molecular complexity index is 186. The molecule has 0 saturated heterocycles. The molecule has 0 fully saturated rings. The highest BCUT2D eigenvalue weighted by Crippen LogP contribution is 2.15. The third-order valence-electron chi connectivity index (χ3n) is 2.47. The molecule has 0 aliphatic rings. The van der Waals surface area contributed by atoms with Crippen LogP contribution < -0.4 is 0 Å². The van der Waals surface area contributed by atoms with Crippen LogP contribution in [-0.4, -0.2) is 0 Å². The zero-order valence-electron chi connectivity index (χ0n) is 9.68. The van der Waals surface area contributed by atoms with Gasteiger partial charge in [-0.3, -0.25) is 0 Å². The summed E-state index contributed by atoms with van der Waals surface area (Å²) in [7, 11) is 0. The Hall–Kier alpha value is -0.770. The van der Waals surface area contributed by atoms with Crippen molar-refractivity contribution in [2.45, 2.75) is 65.2 Å². The fraction of sp³-hybridized carbons (Fsp3) is 0.769. The number of hydrogen-bond donors (Lipinski definition) is 0. The fourth-order valence-electron chi connectivity index (χ4n) is 1.54. The average molecular weight is 193 g/mol. The molecule has 0 saturated carbocycles. The summed E-state index contributed by atoms with van der Waals surface area (Å²) in [5.74, 6) is 0. The van der Waals surface area contributed by atoms with Crippen molar-refractivity contribution in [3.63, 3.8) is 0 Å². The van der Waals surface area contributed by atoms with Crippen LogP contribution in [0.4, 0.5) is 0 Å². The predicted molar refractivity (Wildman–Crippen MR) is 62.0 cm³/mol. The van der Waals surface area contributed by atoms with Crippen LogP contribution in [0.1, 0.15) is 65.2 Å². The van der Waals surface area contributed by atoms with E-state index in [4.69, 9.17) is 5.26 Å². The van der Waals surface area contributed by atoms with E-state index in [0.717, 1.165) is 12.8 Å². The summed E-state index contributed by atoms with van der Waals surface area (Å²) in [6.07, 6.45) is 11.6. The molecule has 0 unspecified atom stereocenters. The van der Waals surface area contributed by atoms with Crippen LogP contribution in [0.5, 0.6) is 0 Å². The lowest BCUT2D eigenvalue weighted by molar-refractivity contribution is 0.645. The van der Waals surface area contributed by atoms with Gasteiger partial charge in [-0.25, -0.2) is 0 Å². The summed E-state index contributed by atoms with van der Waals surface area (Å²) in [5.41, 5.74) is 1.35. The number of rotatable bonds is 8. The van der Waals surface area contributed by atoms with Crippen molar-refractivity contribution in [2.75, 3.05) is 0 Å². The van der Waals surface area contributed by atoms with Gasteiger partial charge in [0.2, 0.25) is 0 Å². The maximum Gasteiger partial charge on any atom is 0.0911 e. The highest BCUT2D eigenvalue weighted by molar-refractivity contribution is 5.13. The van der Waals surface area contributed by atoms with Gasteiger partial charge in [0.05, 0.1) is 6.07 Å². The summed E-state index contributed by atoms with van der Waals surface area (Å²) in [4.78, 5) is 0. The summed E-state index contributed by atoms with van der Waals surface area (Å²) < 4.78 is 0. The molecule has 1 nitrogen and oxygen atoms in total. The molecule has 0 aliphatic heterocycles. The molecular weight excluding hydrogens is 170 g/mol. The van der Waals surface area contributed by atoms with Gasteiger partial charge in [-0.2, -0.15) is 5.26 Å². The second-order valence-corrected chi connectivity index (χ2v) is 3.85. The Kier molecular flexibility index (Phi) is 9.74. The van der Waals surface area contributed by atoms with E-state index in [9.17, 15) is 0 Å². The van der Waals surface area contributed by atoms with Crippen LogP contribution in [0.2, 0.25) is 0 Å². The first-order valence-electron chi connectivity index (χ1n) is 5.92. The molecule has 0 rings (SSSR count). The topological polar surface area (TPSA) is 23.8 Å². The van der Waals surface area contributed by atoms with E-state index < -0.39 is 0 Å². The predicted octanol–water partition coefficient (Wildman–Crippen LogP) is 4.60. The van der Waals surface area contributed by atoms with E-state index in [1.54, 1.807) is 6.08 Å². The number of nitriles is 1. The molecule has 1 heteroatoms. The van der Waals surface area contributed by atoms with Gasteiger partial charge in [-0.1, -0.05) is 45.1 Å². The standard InChI is InChI=1S/C13H23N/c1-3-5-7-8-10-13(11-12-14)9-6-4-2/h11H,3-10H2,1-2H3/b13-11+. The lowest BCUT2D eigenvalue weighted by Gasteiger charge is -2.04. The van der Waals surface area contributed by atoms with Crippen LogP contribution in [0.25, 0.3) is 0 Å². The normalized spacial score (nSPS) is 11.4. The van der Waals surface area contributed by atoms with Gasteiger partial charge in [-0.15, -0.1) is 0 Å². The van der Waals surface area contributed by atoms with Crippen molar-refractivity contribution in [1.29, 1.82) is 5.26 Å². The van der Waals surface area contributed by atoms with Gasteiger partial charge in [-0.05, 0) is 25.7 Å². The van der Waals surface area contributed by atoms with Crippen molar-refractivity contribution in [2.24, 2.45) is 0 Å². The first-order valence-corrected chi connectivity index (χ1v) is 5.92. The molecule has 0 aromatic carbocycles. The molecule has 0 N–H and O–H groups in total. The van der Waals surface area contributed by atoms with Gasteiger partial charge in [0.25, 0.3) is 0 Å². The molecule has 0 amide bonds. The summed E-state index contributed by atoms with van der Waals surface area (Å²) >= 11 is 0. The minimum Gasteiger partial charge on any atom is -0.193 e. The summed E-state index contributed by atoms with van der Waals surface area (Å²) in [6, 6.07) is 2.16. The van der Waals surface area contributed by atoms with Crippen LogP contribution in [0.3, 0.4) is 0 Å². The number of unbranched alkanes of at least 4 members (excludes halogenated alkanes) is 4. The highest BCUT2D eigenvalue weighted by Gasteiger charge is 1.97.